The van der Waals surface area contributed by atoms with E-state index in [-0.39, 0.29) is 17.9 Å². The van der Waals surface area contributed by atoms with Crippen LogP contribution in [0.25, 0.3) is 0 Å². The molecular weight excluding hydrogens is 309 g/mol. The maximum absolute atomic E-state index is 13.4. The molecule has 0 saturated carbocycles. The Morgan fingerprint density at radius 1 is 1.18 bits per heavy atom. The average molecular weight is 321 g/mol. The molecule has 1 aliphatic rings. The molecule has 1 N–H and O–H groups in total. The fraction of sp³-hybridized carbons (Fsp3) is 0.133. The van der Waals surface area contributed by atoms with Gasteiger partial charge in [-0.2, -0.15) is 0 Å². The summed E-state index contributed by atoms with van der Waals surface area (Å²) in [5, 5.41) is 8.86. The second-order valence-corrected chi connectivity index (χ2v) is 6.93. The Morgan fingerprint density at radius 3 is 2.50 bits per heavy atom. The smallest absolute Gasteiger partial charge is 0.335 e. The standard InChI is InChI=1S/C15H12FNO4S/c16-13-6-5-12-9-22(20,21)17(14(12)7-13)8-10-1-3-11(4-2-10)15(18)19/h1-7H,8-9H2,(H,18,19). The quantitative estimate of drug-likeness (QED) is 0.942. The number of hydrogen-bond acceptors (Lipinski definition) is 3. The summed E-state index contributed by atoms with van der Waals surface area (Å²) in [6.45, 7) is 0.0404. The second kappa shape index (κ2) is 5.10. The molecule has 0 bridgehead atoms. The van der Waals surface area contributed by atoms with E-state index in [4.69, 9.17) is 5.11 Å². The summed E-state index contributed by atoms with van der Waals surface area (Å²) in [7, 11) is -3.54. The van der Waals surface area contributed by atoms with Crippen molar-refractivity contribution < 1.29 is 22.7 Å². The topological polar surface area (TPSA) is 74.7 Å². The van der Waals surface area contributed by atoms with Crippen molar-refractivity contribution in [1.82, 2.24) is 0 Å². The summed E-state index contributed by atoms with van der Waals surface area (Å²) in [5.41, 5.74) is 1.65. The van der Waals surface area contributed by atoms with Crippen molar-refractivity contribution in [2.24, 2.45) is 0 Å². The largest absolute Gasteiger partial charge is 0.478 e. The number of anilines is 1. The first-order valence-corrected chi connectivity index (χ1v) is 8.09. The van der Waals surface area contributed by atoms with Gasteiger partial charge >= 0.3 is 5.97 Å². The van der Waals surface area contributed by atoms with Gasteiger partial charge in [0.15, 0.2) is 0 Å². The van der Waals surface area contributed by atoms with Crippen LogP contribution in [-0.4, -0.2) is 19.5 Å². The van der Waals surface area contributed by atoms with Crippen LogP contribution in [0.15, 0.2) is 42.5 Å². The molecule has 22 heavy (non-hydrogen) atoms. The van der Waals surface area contributed by atoms with Crippen LogP contribution < -0.4 is 4.31 Å². The SMILES string of the molecule is O=C(O)c1ccc(CN2c3cc(F)ccc3CS2(=O)=O)cc1. The number of carbonyl (C=O) groups is 1. The number of halogens is 1. The zero-order valence-electron chi connectivity index (χ0n) is 11.4. The van der Waals surface area contributed by atoms with Gasteiger partial charge in [-0.25, -0.2) is 17.6 Å². The maximum Gasteiger partial charge on any atom is 0.335 e. The second-order valence-electron chi connectivity index (χ2n) is 5.04. The van der Waals surface area contributed by atoms with E-state index in [1.54, 1.807) is 12.1 Å². The third-order valence-corrected chi connectivity index (χ3v) is 5.19. The van der Waals surface area contributed by atoms with Gasteiger partial charge in [0.2, 0.25) is 10.0 Å². The molecular formula is C15H12FNO4S. The molecule has 0 unspecified atom stereocenters. The summed E-state index contributed by atoms with van der Waals surface area (Å²) >= 11 is 0. The monoisotopic (exact) mass is 321 g/mol. The van der Waals surface area contributed by atoms with E-state index in [9.17, 15) is 17.6 Å². The van der Waals surface area contributed by atoms with E-state index in [0.717, 1.165) is 4.31 Å². The van der Waals surface area contributed by atoms with Gasteiger partial charge in [0.05, 0.1) is 23.5 Å². The summed E-state index contributed by atoms with van der Waals surface area (Å²) in [5.74, 6) is -1.70. The number of carboxylic acids is 1. The van der Waals surface area contributed by atoms with Gasteiger partial charge in [-0.05, 0) is 35.4 Å². The van der Waals surface area contributed by atoms with E-state index in [1.165, 1.54) is 30.3 Å². The van der Waals surface area contributed by atoms with Crippen molar-refractivity contribution in [1.29, 1.82) is 0 Å². The summed E-state index contributed by atoms with van der Waals surface area (Å²) < 4.78 is 39.0. The van der Waals surface area contributed by atoms with Crippen LogP contribution in [0.4, 0.5) is 10.1 Å². The van der Waals surface area contributed by atoms with Crippen LogP contribution >= 0.6 is 0 Å². The minimum Gasteiger partial charge on any atom is -0.478 e. The number of rotatable bonds is 3. The third kappa shape index (κ3) is 2.55. The Kier molecular flexibility index (Phi) is 3.37. The summed E-state index contributed by atoms with van der Waals surface area (Å²) in [6.07, 6.45) is 0. The Balaban J connectivity index is 1.94. The van der Waals surface area contributed by atoms with Gasteiger partial charge in [-0.1, -0.05) is 18.2 Å². The number of hydrogen-bond donors (Lipinski definition) is 1. The normalized spacial score (nSPS) is 15.6. The summed E-state index contributed by atoms with van der Waals surface area (Å²) in [4.78, 5) is 10.8. The molecule has 7 heteroatoms. The fourth-order valence-electron chi connectivity index (χ4n) is 2.42. The minimum absolute atomic E-state index is 0.0404. The first kappa shape index (κ1) is 14.5. The van der Waals surface area contributed by atoms with Crippen LogP contribution in [0.3, 0.4) is 0 Å². The minimum atomic E-state index is -3.54. The van der Waals surface area contributed by atoms with E-state index < -0.39 is 21.8 Å². The Labute approximate surface area is 126 Å². The molecule has 2 aromatic rings. The van der Waals surface area contributed by atoms with Crippen LogP contribution in [0.5, 0.6) is 0 Å². The molecule has 0 atom stereocenters. The van der Waals surface area contributed by atoms with Gasteiger partial charge in [0, 0.05) is 0 Å². The zero-order chi connectivity index (χ0) is 15.9. The van der Waals surface area contributed by atoms with E-state index in [0.29, 0.717) is 16.8 Å². The van der Waals surface area contributed by atoms with Crippen LogP contribution in [0.2, 0.25) is 0 Å². The Hall–Kier alpha value is -2.41. The van der Waals surface area contributed by atoms with Crippen LogP contribution in [-0.2, 0) is 22.3 Å². The molecule has 1 heterocycles. The lowest BCUT2D eigenvalue weighted by Crippen LogP contribution is -2.26. The molecule has 3 rings (SSSR count). The third-order valence-electron chi connectivity index (χ3n) is 3.52. The van der Waals surface area contributed by atoms with Gasteiger partial charge in [-0.15, -0.1) is 0 Å². The Morgan fingerprint density at radius 2 is 1.86 bits per heavy atom. The molecule has 2 aromatic carbocycles. The van der Waals surface area contributed by atoms with Crippen LogP contribution in [0.1, 0.15) is 21.5 Å². The number of carboxylic acid groups (broad SMARTS) is 1. The van der Waals surface area contributed by atoms with Crippen molar-refractivity contribution in [3.63, 3.8) is 0 Å². The molecule has 0 saturated heterocycles. The zero-order valence-corrected chi connectivity index (χ0v) is 12.2. The first-order chi connectivity index (χ1) is 10.4. The predicted molar refractivity (Wildman–Crippen MR) is 78.6 cm³/mol. The van der Waals surface area contributed by atoms with Gasteiger partial charge in [0.25, 0.3) is 0 Å². The highest BCUT2D eigenvalue weighted by Crippen LogP contribution is 2.35. The van der Waals surface area contributed by atoms with E-state index >= 15 is 0 Å². The molecule has 0 aliphatic carbocycles. The highest BCUT2D eigenvalue weighted by Gasteiger charge is 2.33. The number of fused-ring (bicyclic) bond motifs is 1. The first-order valence-electron chi connectivity index (χ1n) is 6.48. The summed E-state index contributed by atoms with van der Waals surface area (Å²) in [6, 6.07) is 9.83. The van der Waals surface area contributed by atoms with Crippen molar-refractivity contribution >= 4 is 21.7 Å². The highest BCUT2D eigenvalue weighted by molar-refractivity contribution is 7.92. The lowest BCUT2D eigenvalue weighted by molar-refractivity contribution is 0.0697. The average Bonchev–Trinajstić information content (AvgIpc) is 2.70. The number of aromatic carboxylic acids is 1. The maximum atomic E-state index is 13.4. The number of nitrogens with zero attached hydrogens (tertiary/aromatic N) is 1. The molecule has 0 aromatic heterocycles. The van der Waals surface area contributed by atoms with Crippen molar-refractivity contribution in [3.05, 3.63) is 65.0 Å². The van der Waals surface area contributed by atoms with Gasteiger partial charge in [0.1, 0.15) is 5.82 Å². The number of benzene rings is 2. The van der Waals surface area contributed by atoms with Gasteiger partial charge in [-0.3, -0.25) is 4.31 Å². The molecule has 1 aliphatic heterocycles. The molecule has 0 fully saturated rings. The van der Waals surface area contributed by atoms with Crippen LogP contribution in [0, 0.1) is 5.82 Å². The van der Waals surface area contributed by atoms with E-state index in [1.807, 2.05) is 0 Å². The highest BCUT2D eigenvalue weighted by atomic mass is 32.2. The Bertz CT molecular complexity index is 846. The van der Waals surface area contributed by atoms with Gasteiger partial charge < -0.3 is 5.11 Å². The lowest BCUT2D eigenvalue weighted by atomic mass is 10.1. The molecule has 0 radical (unpaired) electrons. The van der Waals surface area contributed by atoms with Crippen molar-refractivity contribution in [3.8, 4) is 0 Å². The van der Waals surface area contributed by atoms with Crippen molar-refractivity contribution in [2.75, 3.05) is 4.31 Å². The fourth-order valence-corrected chi connectivity index (χ4v) is 4.03. The molecule has 0 spiro atoms. The molecule has 0 amide bonds. The molecule has 5 nitrogen and oxygen atoms in total. The van der Waals surface area contributed by atoms with Crippen molar-refractivity contribution in [2.45, 2.75) is 12.3 Å². The lowest BCUT2D eigenvalue weighted by Gasteiger charge is -2.18. The molecule has 114 valence electrons. The predicted octanol–water partition coefficient (Wildman–Crippen LogP) is 2.37. The number of sulfonamides is 1. The van der Waals surface area contributed by atoms with E-state index in [2.05, 4.69) is 0 Å².